The lowest BCUT2D eigenvalue weighted by Gasteiger charge is -2.42. The van der Waals surface area contributed by atoms with E-state index in [0.717, 1.165) is 26.3 Å². The molecule has 0 bridgehead atoms. The summed E-state index contributed by atoms with van der Waals surface area (Å²) in [7, 11) is 3.64. The van der Waals surface area contributed by atoms with Gasteiger partial charge >= 0.3 is 0 Å². The van der Waals surface area contributed by atoms with Crippen LogP contribution in [0.1, 0.15) is 17.7 Å². The van der Waals surface area contributed by atoms with Crippen LogP contribution in [0, 0.1) is 11.3 Å². The van der Waals surface area contributed by atoms with Gasteiger partial charge < -0.3 is 14.4 Å². The highest BCUT2D eigenvalue weighted by Gasteiger charge is 2.47. The predicted molar refractivity (Wildman–Crippen MR) is 94.9 cm³/mol. The van der Waals surface area contributed by atoms with Gasteiger partial charge in [0, 0.05) is 51.2 Å². The van der Waals surface area contributed by atoms with Crippen LogP contribution < -0.4 is 0 Å². The Morgan fingerprint density at radius 1 is 1.22 bits per heavy atom. The smallest absolute Gasteiger partial charge is 0.0589 e. The van der Waals surface area contributed by atoms with E-state index in [1.165, 1.54) is 43.9 Å². The minimum Gasteiger partial charge on any atom is -0.384 e. The number of hydrogen-bond acceptors (Lipinski definition) is 5. The highest BCUT2D eigenvalue weighted by Crippen LogP contribution is 2.45. The van der Waals surface area contributed by atoms with Crippen molar-refractivity contribution in [3.8, 4) is 0 Å². The number of ether oxygens (including phenoxy) is 2. The molecule has 1 spiro atoms. The summed E-state index contributed by atoms with van der Waals surface area (Å²) in [4.78, 5) is 6.70. The van der Waals surface area contributed by atoms with Crippen molar-refractivity contribution < 1.29 is 9.47 Å². The Morgan fingerprint density at radius 2 is 2.04 bits per heavy atom. The van der Waals surface area contributed by atoms with E-state index in [1.807, 2.05) is 18.4 Å². The Kier molecular flexibility index (Phi) is 6.10. The molecule has 2 saturated heterocycles. The van der Waals surface area contributed by atoms with Crippen molar-refractivity contribution in [1.82, 2.24) is 9.80 Å². The summed E-state index contributed by atoms with van der Waals surface area (Å²) in [6.45, 7) is 8.73. The van der Waals surface area contributed by atoms with Gasteiger partial charge in [0.25, 0.3) is 0 Å². The average Bonchev–Trinajstić information content (AvgIpc) is 3.17. The van der Waals surface area contributed by atoms with Crippen LogP contribution in [-0.2, 0) is 16.0 Å². The van der Waals surface area contributed by atoms with Crippen molar-refractivity contribution in [3.63, 3.8) is 0 Å². The molecule has 1 unspecified atom stereocenters. The van der Waals surface area contributed by atoms with E-state index in [0.29, 0.717) is 11.3 Å². The van der Waals surface area contributed by atoms with Crippen LogP contribution in [0.15, 0.2) is 17.5 Å². The maximum Gasteiger partial charge on any atom is 0.0589 e. The largest absolute Gasteiger partial charge is 0.384 e. The molecule has 2 aliphatic rings. The van der Waals surface area contributed by atoms with E-state index in [2.05, 4.69) is 27.3 Å². The number of nitrogens with zero attached hydrogens (tertiary/aromatic N) is 2. The normalized spacial score (nSPS) is 25.4. The third-order valence-corrected chi connectivity index (χ3v) is 6.54. The fourth-order valence-corrected chi connectivity index (χ4v) is 5.06. The Bertz CT molecular complexity index is 458. The van der Waals surface area contributed by atoms with Crippen LogP contribution in [0.3, 0.4) is 0 Å². The highest BCUT2D eigenvalue weighted by molar-refractivity contribution is 7.09. The molecule has 2 fully saturated rings. The van der Waals surface area contributed by atoms with E-state index >= 15 is 0 Å². The lowest BCUT2D eigenvalue weighted by atomic mass is 9.71. The van der Waals surface area contributed by atoms with Crippen molar-refractivity contribution in [3.05, 3.63) is 22.4 Å². The number of thiophene rings is 1. The van der Waals surface area contributed by atoms with Gasteiger partial charge in [-0.1, -0.05) is 6.07 Å². The van der Waals surface area contributed by atoms with Crippen LogP contribution in [-0.4, -0.2) is 70.0 Å². The van der Waals surface area contributed by atoms with Crippen molar-refractivity contribution in [2.45, 2.75) is 19.4 Å². The van der Waals surface area contributed by atoms with E-state index in [-0.39, 0.29) is 0 Å². The molecule has 0 N–H and O–H groups in total. The van der Waals surface area contributed by atoms with Crippen molar-refractivity contribution >= 4 is 11.3 Å². The molecule has 0 saturated carbocycles. The first-order chi connectivity index (χ1) is 11.3. The third-order valence-electron chi connectivity index (χ3n) is 5.67. The van der Waals surface area contributed by atoms with Gasteiger partial charge in [0.05, 0.1) is 13.2 Å². The number of likely N-dealkylation sites (tertiary alicyclic amines) is 2. The van der Waals surface area contributed by atoms with Crippen LogP contribution in [0.5, 0.6) is 0 Å². The average molecular weight is 339 g/mol. The molecule has 0 aliphatic carbocycles. The number of piperidine rings is 1. The second-order valence-electron chi connectivity index (χ2n) is 7.10. The van der Waals surface area contributed by atoms with Crippen LogP contribution in [0.4, 0.5) is 0 Å². The Hall–Kier alpha value is -0.460. The Balaban J connectivity index is 1.57. The monoisotopic (exact) mass is 338 g/mol. The fraction of sp³-hybridized carbons (Fsp3) is 0.778. The summed E-state index contributed by atoms with van der Waals surface area (Å²) in [5.41, 5.74) is 0.454. The number of rotatable bonds is 7. The molecule has 1 atom stereocenters. The van der Waals surface area contributed by atoms with E-state index in [4.69, 9.17) is 9.47 Å². The standard InChI is InChI=1S/C18H30N2O2S/c1-21-10-9-20-12-16(14-22-2)18(15-20)5-7-19(8-6-18)13-17-4-3-11-23-17/h3-4,11,16H,5-10,12-15H2,1-2H3. The maximum atomic E-state index is 5.55. The van der Waals surface area contributed by atoms with Crippen LogP contribution in [0.25, 0.3) is 0 Å². The second-order valence-corrected chi connectivity index (χ2v) is 8.13. The van der Waals surface area contributed by atoms with Gasteiger partial charge in [0.15, 0.2) is 0 Å². The summed E-state index contributed by atoms with van der Waals surface area (Å²) >= 11 is 1.87. The first kappa shape index (κ1) is 17.4. The van der Waals surface area contributed by atoms with Gasteiger partial charge in [0.2, 0.25) is 0 Å². The van der Waals surface area contributed by atoms with Gasteiger partial charge in [-0.15, -0.1) is 11.3 Å². The topological polar surface area (TPSA) is 24.9 Å². The highest BCUT2D eigenvalue weighted by atomic mass is 32.1. The summed E-state index contributed by atoms with van der Waals surface area (Å²) in [5.74, 6) is 0.674. The van der Waals surface area contributed by atoms with E-state index in [9.17, 15) is 0 Å². The van der Waals surface area contributed by atoms with Crippen molar-refractivity contribution in [2.24, 2.45) is 11.3 Å². The SMILES string of the molecule is COCCN1CC(COC)C2(CCN(Cc3cccs3)CC2)C1. The lowest BCUT2D eigenvalue weighted by molar-refractivity contribution is 0.0351. The molecule has 3 rings (SSSR count). The van der Waals surface area contributed by atoms with Gasteiger partial charge in [-0.3, -0.25) is 4.90 Å². The molecule has 1 aromatic heterocycles. The maximum absolute atomic E-state index is 5.55. The zero-order valence-electron chi connectivity index (χ0n) is 14.5. The minimum atomic E-state index is 0.454. The molecule has 0 radical (unpaired) electrons. The summed E-state index contributed by atoms with van der Waals surface area (Å²) < 4.78 is 10.8. The zero-order chi connectivity index (χ0) is 16.1. The third kappa shape index (κ3) is 4.15. The van der Waals surface area contributed by atoms with Gasteiger partial charge in [-0.05, 0) is 42.8 Å². The molecule has 5 heteroatoms. The molecular formula is C18H30N2O2S. The van der Waals surface area contributed by atoms with Crippen molar-refractivity contribution in [1.29, 1.82) is 0 Å². The Labute approximate surface area is 144 Å². The Morgan fingerprint density at radius 3 is 2.70 bits per heavy atom. The number of methoxy groups -OCH3 is 2. The summed E-state index contributed by atoms with van der Waals surface area (Å²) in [6.07, 6.45) is 2.60. The van der Waals surface area contributed by atoms with Gasteiger partial charge in [0.1, 0.15) is 0 Å². The molecule has 130 valence electrons. The number of hydrogen-bond donors (Lipinski definition) is 0. The summed E-state index contributed by atoms with van der Waals surface area (Å²) in [6, 6.07) is 4.41. The van der Waals surface area contributed by atoms with Crippen molar-refractivity contribution in [2.75, 3.05) is 60.2 Å². The first-order valence-corrected chi connectivity index (χ1v) is 9.59. The predicted octanol–water partition coefficient (Wildman–Crippen LogP) is 2.55. The van der Waals surface area contributed by atoms with Crippen LogP contribution in [0.2, 0.25) is 0 Å². The molecule has 2 aliphatic heterocycles. The molecule has 1 aromatic rings. The lowest BCUT2D eigenvalue weighted by Crippen LogP contribution is -2.44. The van der Waals surface area contributed by atoms with Crippen LogP contribution >= 0.6 is 11.3 Å². The molecule has 3 heterocycles. The van der Waals surface area contributed by atoms with Gasteiger partial charge in [-0.2, -0.15) is 0 Å². The molecule has 0 aromatic carbocycles. The molecule has 0 amide bonds. The van der Waals surface area contributed by atoms with E-state index < -0.39 is 0 Å². The molecule has 23 heavy (non-hydrogen) atoms. The van der Waals surface area contributed by atoms with Gasteiger partial charge in [-0.25, -0.2) is 0 Å². The fourth-order valence-electron chi connectivity index (χ4n) is 4.31. The van der Waals surface area contributed by atoms with E-state index in [1.54, 1.807) is 7.11 Å². The zero-order valence-corrected chi connectivity index (χ0v) is 15.3. The second kappa shape index (κ2) is 8.08. The molecule has 4 nitrogen and oxygen atoms in total. The minimum absolute atomic E-state index is 0.454. The molecular weight excluding hydrogens is 308 g/mol. The first-order valence-electron chi connectivity index (χ1n) is 8.71. The quantitative estimate of drug-likeness (QED) is 0.763. The summed E-state index contributed by atoms with van der Waals surface area (Å²) in [5, 5.41) is 2.18.